The first-order chi connectivity index (χ1) is 9.46. The Labute approximate surface area is 119 Å². The van der Waals surface area contributed by atoms with Gasteiger partial charge in [-0.3, -0.25) is 0 Å². The molecular formula is C16H22O4. The highest BCUT2D eigenvalue weighted by molar-refractivity contribution is 5.82. The van der Waals surface area contributed by atoms with Crippen LogP contribution in [0.5, 0.6) is 0 Å². The first kappa shape index (κ1) is 14.8. The molecule has 2 saturated carbocycles. The van der Waals surface area contributed by atoms with Crippen LogP contribution in [0.2, 0.25) is 0 Å². The molecule has 4 nitrogen and oxygen atoms in total. The average molecular weight is 278 g/mol. The van der Waals surface area contributed by atoms with Crippen molar-refractivity contribution < 1.29 is 19.1 Å². The molecule has 0 aliphatic heterocycles. The van der Waals surface area contributed by atoms with Crippen LogP contribution in [0.4, 0.5) is 0 Å². The molecule has 2 bridgehead atoms. The van der Waals surface area contributed by atoms with Crippen molar-refractivity contribution in [1.29, 1.82) is 0 Å². The Morgan fingerprint density at radius 3 is 2.45 bits per heavy atom. The van der Waals surface area contributed by atoms with Crippen LogP contribution in [0, 0.1) is 5.92 Å². The summed E-state index contributed by atoms with van der Waals surface area (Å²) in [6.45, 7) is 8.91. The van der Waals surface area contributed by atoms with Crippen LogP contribution in [0.1, 0.15) is 45.4 Å². The van der Waals surface area contributed by atoms with Crippen molar-refractivity contribution in [3.05, 3.63) is 25.3 Å². The van der Waals surface area contributed by atoms with Crippen LogP contribution >= 0.6 is 0 Å². The Morgan fingerprint density at radius 2 is 1.85 bits per heavy atom. The normalized spacial score (nSPS) is 35.1. The van der Waals surface area contributed by atoms with Crippen molar-refractivity contribution in [3.63, 3.8) is 0 Å². The Bertz CT molecular complexity index is 442. The Morgan fingerprint density at radius 1 is 1.20 bits per heavy atom. The monoisotopic (exact) mass is 278 g/mol. The molecule has 0 N–H and O–H groups in total. The molecule has 3 atom stereocenters. The second-order valence-electron chi connectivity index (χ2n) is 5.96. The van der Waals surface area contributed by atoms with Crippen molar-refractivity contribution in [1.82, 2.24) is 0 Å². The van der Waals surface area contributed by atoms with Gasteiger partial charge in [0.25, 0.3) is 0 Å². The van der Waals surface area contributed by atoms with Gasteiger partial charge in [-0.2, -0.15) is 0 Å². The van der Waals surface area contributed by atoms with E-state index < -0.39 is 23.1 Å². The second-order valence-corrected chi connectivity index (χ2v) is 5.96. The molecular weight excluding hydrogens is 256 g/mol. The van der Waals surface area contributed by atoms with E-state index in [1.54, 1.807) is 0 Å². The van der Waals surface area contributed by atoms with Crippen LogP contribution in [0.15, 0.2) is 25.3 Å². The molecule has 4 heteroatoms. The van der Waals surface area contributed by atoms with Gasteiger partial charge in [0, 0.05) is 18.6 Å². The fraction of sp³-hybridized carbons (Fsp3) is 0.625. The number of fused-ring (bicyclic) bond motifs is 2. The number of carbonyl (C=O) groups is 2. The van der Waals surface area contributed by atoms with E-state index in [9.17, 15) is 9.59 Å². The van der Waals surface area contributed by atoms with E-state index >= 15 is 0 Å². The zero-order chi connectivity index (χ0) is 14.8. The molecule has 2 fully saturated rings. The minimum atomic E-state index is -0.536. The van der Waals surface area contributed by atoms with Gasteiger partial charge in [0.1, 0.15) is 11.2 Å². The minimum Gasteiger partial charge on any atom is -0.456 e. The van der Waals surface area contributed by atoms with E-state index in [0.717, 1.165) is 32.1 Å². The molecule has 2 aliphatic carbocycles. The highest BCUT2D eigenvalue weighted by Gasteiger charge is 2.55. The molecule has 0 aromatic carbocycles. The Balaban J connectivity index is 2.20. The SMILES string of the molecule is C=CC(=O)OC1(CC)CC2CCC(OC(=O)C=C)(C2)C1. The summed E-state index contributed by atoms with van der Waals surface area (Å²) >= 11 is 0. The lowest BCUT2D eigenvalue weighted by Crippen LogP contribution is -2.49. The smallest absolute Gasteiger partial charge is 0.330 e. The number of hydrogen-bond donors (Lipinski definition) is 0. The van der Waals surface area contributed by atoms with Crippen LogP contribution in [-0.2, 0) is 19.1 Å². The van der Waals surface area contributed by atoms with Crippen LogP contribution in [0.3, 0.4) is 0 Å². The molecule has 0 radical (unpaired) electrons. The van der Waals surface area contributed by atoms with Gasteiger partial charge in [-0.25, -0.2) is 9.59 Å². The fourth-order valence-electron chi connectivity index (χ4n) is 3.78. The largest absolute Gasteiger partial charge is 0.456 e. The summed E-state index contributed by atoms with van der Waals surface area (Å²) in [6, 6.07) is 0. The van der Waals surface area contributed by atoms with Crippen molar-refractivity contribution >= 4 is 11.9 Å². The maximum absolute atomic E-state index is 11.6. The van der Waals surface area contributed by atoms with Gasteiger partial charge in [0.15, 0.2) is 0 Å². The molecule has 0 saturated heterocycles. The zero-order valence-electron chi connectivity index (χ0n) is 12.0. The number of carbonyl (C=O) groups excluding carboxylic acids is 2. The van der Waals surface area contributed by atoms with E-state index in [0.29, 0.717) is 12.3 Å². The third-order valence-corrected chi connectivity index (χ3v) is 4.59. The van der Waals surface area contributed by atoms with E-state index in [1.807, 2.05) is 6.92 Å². The lowest BCUT2D eigenvalue weighted by atomic mass is 9.73. The summed E-state index contributed by atoms with van der Waals surface area (Å²) in [7, 11) is 0. The van der Waals surface area contributed by atoms with Gasteiger partial charge < -0.3 is 9.47 Å². The number of hydrogen-bond acceptors (Lipinski definition) is 4. The molecule has 0 amide bonds. The van der Waals surface area contributed by atoms with E-state index in [2.05, 4.69) is 13.2 Å². The van der Waals surface area contributed by atoms with E-state index in [-0.39, 0.29) is 0 Å². The van der Waals surface area contributed by atoms with Crippen molar-refractivity contribution in [2.24, 2.45) is 5.92 Å². The molecule has 2 rings (SSSR count). The van der Waals surface area contributed by atoms with E-state index in [4.69, 9.17) is 9.47 Å². The topological polar surface area (TPSA) is 52.6 Å². The first-order valence-electron chi connectivity index (χ1n) is 7.17. The van der Waals surface area contributed by atoms with Crippen molar-refractivity contribution in [3.8, 4) is 0 Å². The van der Waals surface area contributed by atoms with Gasteiger partial charge in [0.05, 0.1) is 0 Å². The first-order valence-corrected chi connectivity index (χ1v) is 7.17. The standard InChI is InChI=1S/C16H22O4/c1-4-13(17)19-15(6-3)9-12-7-8-16(10-12,11-15)20-14(18)5-2/h4-5,12H,1-2,6-11H2,3H3. The summed E-state index contributed by atoms with van der Waals surface area (Å²) in [5.74, 6) is -0.357. The highest BCUT2D eigenvalue weighted by atomic mass is 16.6. The molecule has 0 heterocycles. The predicted octanol–water partition coefficient (Wildman–Crippen LogP) is 2.93. The fourth-order valence-corrected chi connectivity index (χ4v) is 3.78. The van der Waals surface area contributed by atoms with Gasteiger partial charge in [-0.15, -0.1) is 0 Å². The van der Waals surface area contributed by atoms with Gasteiger partial charge >= 0.3 is 11.9 Å². The van der Waals surface area contributed by atoms with Crippen molar-refractivity contribution in [2.45, 2.75) is 56.7 Å². The third-order valence-electron chi connectivity index (χ3n) is 4.59. The van der Waals surface area contributed by atoms with Gasteiger partial charge in [0.2, 0.25) is 0 Å². The maximum Gasteiger partial charge on any atom is 0.330 e. The lowest BCUT2D eigenvalue weighted by Gasteiger charge is -2.44. The lowest BCUT2D eigenvalue weighted by molar-refractivity contribution is -0.180. The maximum atomic E-state index is 11.6. The summed E-state index contributed by atoms with van der Waals surface area (Å²) in [6.07, 6.45) is 7.23. The quantitative estimate of drug-likeness (QED) is 0.573. The van der Waals surface area contributed by atoms with Crippen LogP contribution in [-0.4, -0.2) is 23.1 Å². The van der Waals surface area contributed by atoms with Gasteiger partial charge in [-0.05, 0) is 38.0 Å². The Kier molecular flexibility index (Phi) is 4.02. The molecule has 0 aromatic rings. The molecule has 20 heavy (non-hydrogen) atoms. The second kappa shape index (κ2) is 5.43. The molecule has 3 unspecified atom stereocenters. The number of esters is 2. The van der Waals surface area contributed by atoms with Crippen molar-refractivity contribution in [2.75, 3.05) is 0 Å². The number of ether oxygens (including phenoxy) is 2. The molecule has 110 valence electrons. The summed E-state index contributed by atoms with van der Waals surface area (Å²) in [4.78, 5) is 23.2. The summed E-state index contributed by atoms with van der Waals surface area (Å²) < 4.78 is 11.2. The Hall–Kier alpha value is -1.58. The highest BCUT2D eigenvalue weighted by Crippen LogP contribution is 2.53. The molecule has 2 aliphatic rings. The number of rotatable bonds is 5. The van der Waals surface area contributed by atoms with Gasteiger partial charge in [-0.1, -0.05) is 20.1 Å². The predicted molar refractivity (Wildman–Crippen MR) is 74.9 cm³/mol. The van der Waals surface area contributed by atoms with Crippen LogP contribution in [0.25, 0.3) is 0 Å². The third kappa shape index (κ3) is 2.79. The minimum absolute atomic E-state index is 0.396. The molecule has 0 spiro atoms. The average Bonchev–Trinajstić information content (AvgIpc) is 2.74. The van der Waals surface area contributed by atoms with Crippen LogP contribution < -0.4 is 0 Å². The molecule has 0 aromatic heterocycles. The summed E-state index contributed by atoms with van der Waals surface area (Å²) in [5.41, 5.74) is -1.03. The zero-order valence-corrected chi connectivity index (χ0v) is 12.0. The van der Waals surface area contributed by atoms with E-state index in [1.165, 1.54) is 12.2 Å². The summed E-state index contributed by atoms with van der Waals surface area (Å²) in [5, 5.41) is 0.